The Bertz CT molecular complexity index is 796. The molecule has 1 atom stereocenters. The van der Waals surface area contributed by atoms with Gasteiger partial charge in [-0.15, -0.1) is 0 Å². The maximum atomic E-state index is 13.2. The minimum atomic E-state index is -4.50. The van der Waals surface area contributed by atoms with Crippen molar-refractivity contribution in [3.63, 3.8) is 0 Å². The number of piperazine rings is 1. The van der Waals surface area contributed by atoms with Crippen molar-refractivity contribution >= 4 is 27.5 Å². The highest BCUT2D eigenvalue weighted by Crippen LogP contribution is 2.23. The Balaban J connectivity index is 1.97. The molecule has 1 unspecified atom stereocenters. The lowest BCUT2D eigenvalue weighted by atomic mass is 10.2. The number of halogens is 5. The smallest absolute Gasteiger partial charge is 0.346 e. The molecule has 27 heavy (non-hydrogen) atoms. The van der Waals surface area contributed by atoms with Crippen molar-refractivity contribution in [1.82, 2.24) is 14.5 Å². The van der Waals surface area contributed by atoms with E-state index in [4.69, 9.17) is 11.6 Å². The molecule has 1 aromatic rings. The first kappa shape index (κ1) is 21.9. The van der Waals surface area contributed by atoms with Gasteiger partial charge in [0.25, 0.3) is 0 Å². The molecule has 0 radical (unpaired) electrons. The summed E-state index contributed by atoms with van der Waals surface area (Å²) in [5.74, 6) is -1.52. The minimum absolute atomic E-state index is 0.0359. The summed E-state index contributed by atoms with van der Waals surface area (Å²) in [6, 6.07) is 2.25. The van der Waals surface area contributed by atoms with Crippen LogP contribution in [0.4, 0.5) is 17.6 Å². The topological polar surface area (TPSA) is 69.7 Å². The maximum Gasteiger partial charge on any atom is 0.405 e. The normalized spacial score (nSPS) is 18.3. The van der Waals surface area contributed by atoms with E-state index in [1.165, 1.54) is 6.92 Å². The van der Waals surface area contributed by atoms with Crippen LogP contribution < -0.4 is 5.32 Å². The van der Waals surface area contributed by atoms with Crippen LogP contribution in [-0.4, -0.2) is 68.5 Å². The first-order valence-corrected chi connectivity index (χ1v) is 9.77. The predicted octanol–water partition coefficient (Wildman–Crippen LogP) is 1.85. The largest absolute Gasteiger partial charge is 0.405 e. The van der Waals surface area contributed by atoms with E-state index in [9.17, 15) is 30.8 Å². The number of carbonyl (C=O) groups is 1. The molecule has 152 valence electrons. The number of alkyl halides is 3. The third-order valence-electron chi connectivity index (χ3n) is 4.19. The molecular formula is C15H18ClF4N3O3S. The molecule has 0 bridgehead atoms. The number of benzene rings is 1. The molecule has 0 saturated carbocycles. The van der Waals surface area contributed by atoms with E-state index in [0.29, 0.717) is 0 Å². The van der Waals surface area contributed by atoms with Crippen molar-refractivity contribution in [3.8, 4) is 0 Å². The number of hydrogen-bond donors (Lipinski definition) is 1. The summed E-state index contributed by atoms with van der Waals surface area (Å²) in [5, 5.41) is 1.50. The molecule has 12 heteroatoms. The van der Waals surface area contributed by atoms with E-state index in [1.54, 1.807) is 4.90 Å². The summed E-state index contributed by atoms with van der Waals surface area (Å²) in [6.07, 6.45) is -4.50. The Hall–Kier alpha value is -1.43. The van der Waals surface area contributed by atoms with Crippen molar-refractivity contribution in [3.05, 3.63) is 29.0 Å². The van der Waals surface area contributed by atoms with Crippen molar-refractivity contribution < 1.29 is 30.8 Å². The number of carbonyl (C=O) groups excluding carboxylic acids is 1. The molecule has 1 N–H and O–H groups in total. The molecule has 1 saturated heterocycles. The number of nitrogens with one attached hydrogen (secondary N) is 1. The average molecular weight is 432 g/mol. The lowest BCUT2D eigenvalue weighted by molar-refractivity contribution is -0.141. The lowest BCUT2D eigenvalue weighted by Gasteiger charge is -2.36. The highest BCUT2D eigenvalue weighted by molar-refractivity contribution is 7.89. The summed E-state index contributed by atoms with van der Waals surface area (Å²) in [7, 11) is -3.89. The molecule has 1 amide bonds. The molecule has 1 aliphatic heterocycles. The summed E-state index contributed by atoms with van der Waals surface area (Å²) >= 11 is 5.63. The Kier molecular flexibility index (Phi) is 6.72. The van der Waals surface area contributed by atoms with Gasteiger partial charge in [-0.3, -0.25) is 9.69 Å². The van der Waals surface area contributed by atoms with Crippen LogP contribution in [0, 0.1) is 5.82 Å². The van der Waals surface area contributed by atoms with Gasteiger partial charge in [-0.05, 0) is 25.1 Å². The van der Waals surface area contributed by atoms with Crippen LogP contribution >= 0.6 is 11.6 Å². The van der Waals surface area contributed by atoms with E-state index in [2.05, 4.69) is 0 Å². The van der Waals surface area contributed by atoms with Gasteiger partial charge in [0.2, 0.25) is 15.9 Å². The fourth-order valence-corrected chi connectivity index (χ4v) is 4.31. The number of amides is 1. The Labute approximate surface area is 159 Å². The SMILES string of the molecule is CC(C(=O)NCC(F)(F)F)N1CCN(S(=O)(=O)c2ccc(F)c(Cl)c2)CC1. The van der Waals surface area contributed by atoms with E-state index in [-0.39, 0.29) is 36.1 Å². The molecule has 6 nitrogen and oxygen atoms in total. The van der Waals surface area contributed by atoms with Crippen LogP contribution in [0.3, 0.4) is 0 Å². The van der Waals surface area contributed by atoms with Crippen LogP contribution in [0.25, 0.3) is 0 Å². The second kappa shape index (κ2) is 8.29. The van der Waals surface area contributed by atoms with Crippen LogP contribution in [0.2, 0.25) is 5.02 Å². The van der Waals surface area contributed by atoms with Crippen LogP contribution in [0.15, 0.2) is 23.1 Å². The van der Waals surface area contributed by atoms with Gasteiger partial charge in [-0.25, -0.2) is 12.8 Å². The van der Waals surface area contributed by atoms with Crippen LogP contribution in [0.5, 0.6) is 0 Å². The van der Waals surface area contributed by atoms with Gasteiger partial charge in [0.1, 0.15) is 12.4 Å². The zero-order chi connectivity index (χ0) is 20.4. The standard InChI is InChI=1S/C15H18ClF4N3O3S/c1-10(14(24)21-9-15(18,19)20)22-4-6-23(7-5-22)27(25,26)11-2-3-13(17)12(16)8-11/h2-3,8,10H,4-7,9H2,1H3,(H,21,24). The van der Waals surface area contributed by atoms with Gasteiger partial charge in [0, 0.05) is 26.2 Å². The summed E-state index contributed by atoms with van der Waals surface area (Å²) in [4.78, 5) is 13.3. The van der Waals surface area contributed by atoms with Crippen molar-refractivity contribution in [2.45, 2.75) is 24.0 Å². The predicted molar refractivity (Wildman–Crippen MR) is 90.3 cm³/mol. The van der Waals surface area contributed by atoms with Gasteiger partial charge < -0.3 is 5.32 Å². The second-order valence-electron chi connectivity index (χ2n) is 6.02. The Morgan fingerprint density at radius 1 is 1.26 bits per heavy atom. The highest BCUT2D eigenvalue weighted by atomic mass is 35.5. The van der Waals surface area contributed by atoms with Gasteiger partial charge in [-0.2, -0.15) is 17.5 Å². The van der Waals surface area contributed by atoms with E-state index < -0.39 is 40.5 Å². The zero-order valence-electron chi connectivity index (χ0n) is 14.3. The van der Waals surface area contributed by atoms with Gasteiger partial charge in [0.05, 0.1) is 16.0 Å². The molecule has 0 aromatic heterocycles. The molecule has 0 aliphatic carbocycles. The van der Waals surface area contributed by atoms with Gasteiger partial charge in [-0.1, -0.05) is 11.6 Å². The van der Waals surface area contributed by atoms with Crippen molar-refractivity contribution in [2.24, 2.45) is 0 Å². The van der Waals surface area contributed by atoms with Gasteiger partial charge in [0.15, 0.2) is 0 Å². The number of sulfonamides is 1. The van der Waals surface area contributed by atoms with Crippen molar-refractivity contribution in [2.75, 3.05) is 32.7 Å². The number of hydrogen-bond acceptors (Lipinski definition) is 4. The fourth-order valence-electron chi connectivity index (χ4n) is 2.62. The van der Waals surface area contributed by atoms with E-state index >= 15 is 0 Å². The molecule has 0 spiro atoms. The van der Waals surface area contributed by atoms with Crippen molar-refractivity contribution in [1.29, 1.82) is 0 Å². The lowest BCUT2D eigenvalue weighted by Crippen LogP contribution is -2.55. The average Bonchev–Trinajstić information content (AvgIpc) is 2.60. The second-order valence-corrected chi connectivity index (χ2v) is 8.37. The van der Waals surface area contributed by atoms with Crippen LogP contribution in [-0.2, 0) is 14.8 Å². The monoisotopic (exact) mass is 431 g/mol. The van der Waals surface area contributed by atoms with Crippen LogP contribution in [0.1, 0.15) is 6.92 Å². The molecule has 1 aromatic carbocycles. The summed E-state index contributed by atoms with van der Waals surface area (Å²) in [6.45, 7) is 0.428. The molecule has 2 rings (SSSR count). The number of nitrogens with zero attached hydrogens (tertiary/aromatic N) is 2. The quantitative estimate of drug-likeness (QED) is 0.722. The first-order chi connectivity index (χ1) is 12.4. The summed E-state index contributed by atoms with van der Waals surface area (Å²) in [5.41, 5.74) is 0. The van der Waals surface area contributed by atoms with E-state index in [1.807, 2.05) is 5.32 Å². The zero-order valence-corrected chi connectivity index (χ0v) is 15.8. The van der Waals surface area contributed by atoms with E-state index in [0.717, 1.165) is 22.5 Å². The highest BCUT2D eigenvalue weighted by Gasteiger charge is 2.33. The third kappa shape index (κ3) is 5.53. The molecular weight excluding hydrogens is 414 g/mol. The maximum absolute atomic E-state index is 13.2. The number of rotatable bonds is 5. The molecule has 1 aliphatic rings. The third-order valence-corrected chi connectivity index (χ3v) is 6.38. The van der Waals surface area contributed by atoms with Gasteiger partial charge >= 0.3 is 6.18 Å². The fraction of sp³-hybridized carbons (Fsp3) is 0.533. The Morgan fingerprint density at radius 3 is 2.37 bits per heavy atom. The molecule has 1 fully saturated rings. The Morgan fingerprint density at radius 2 is 1.85 bits per heavy atom. The summed E-state index contributed by atoms with van der Waals surface area (Å²) < 4.78 is 76.1. The first-order valence-electron chi connectivity index (χ1n) is 7.95. The minimum Gasteiger partial charge on any atom is -0.346 e. The molecule has 1 heterocycles.